The molecule has 0 aromatic heterocycles. The highest BCUT2D eigenvalue weighted by molar-refractivity contribution is 5.87. The van der Waals surface area contributed by atoms with Gasteiger partial charge in [0.25, 0.3) is 0 Å². The first-order chi connectivity index (χ1) is 5.57. The van der Waals surface area contributed by atoms with Gasteiger partial charge < -0.3 is 5.32 Å². The molecule has 1 amide bonds. The van der Waals surface area contributed by atoms with E-state index in [1.807, 2.05) is 20.8 Å². The van der Waals surface area contributed by atoms with Crippen molar-refractivity contribution in [1.29, 1.82) is 0 Å². The van der Waals surface area contributed by atoms with Gasteiger partial charge in [0.1, 0.15) is 0 Å². The van der Waals surface area contributed by atoms with E-state index in [9.17, 15) is 4.79 Å². The summed E-state index contributed by atoms with van der Waals surface area (Å²) in [5, 5.41) is 2.54. The van der Waals surface area contributed by atoms with Crippen molar-refractivity contribution < 1.29 is 4.79 Å². The van der Waals surface area contributed by atoms with Crippen LogP contribution in [-0.4, -0.2) is 13.0 Å². The smallest absolute Gasteiger partial charge is 0.243 e. The van der Waals surface area contributed by atoms with Crippen LogP contribution in [-0.2, 0) is 4.79 Å². The molecule has 0 saturated carbocycles. The van der Waals surface area contributed by atoms with Crippen LogP contribution in [0.1, 0.15) is 34.6 Å². The number of hydrogen-bond acceptors (Lipinski definition) is 1. The number of hydrogen-bond donors (Lipinski definition) is 1. The molecule has 0 bridgehead atoms. The minimum Gasteiger partial charge on any atom is -0.356 e. The standard InChI is InChI=1S/C8H15NO.C2H6/c1-6(2)7(3)5-8(10)9-4;1-2/h5-6H,1-4H3,(H,9,10);1-2H3/b7-5+;. The zero-order chi connectivity index (χ0) is 10.1. The fourth-order valence-corrected chi connectivity index (χ4v) is 0.446. The van der Waals surface area contributed by atoms with Crippen LogP contribution in [0.3, 0.4) is 0 Å². The largest absolute Gasteiger partial charge is 0.356 e. The molecule has 0 aromatic rings. The molecule has 1 N–H and O–H groups in total. The third-order valence-corrected chi connectivity index (χ3v) is 1.52. The van der Waals surface area contributed by atoms with Crippen molar-refractivity contribution in [3.05, 3.63) is 11.6 Å². The summed E-state index contributed by atoms with van der Waals surface area (Å²) in [5.41, 5.74) is 1.11. The second-order valence-electron chi connectivity index (χ2n) is 2.66. The van der Waals surface area contributed by atoms with Crippen LogP contribution in [0.15, 0.2) is 11.6 Å². The predicted octanol–water partition coefficient (Wildman–Crippen LogP) is 2.36. The molecule has 0 aliphatic heterocycles. The lowest BCUT2D eigenvalue weighted by Gasteiger charge is -2.02. The van der Waals surface area contributed by atoms with E-state index >= 15 is 0 Å². The maximum atomic E-state index is 10.7. The highest BCUT2D eigenvalue weighted by Gasteiger charge is 1.97. The molecule has 2 heteroatoms. The van der Waals surface area contributed by atoms with Crippen molar-refractivity contribution in [2.75, 3.05) is 7.05 Å². The van der Waals surface area contributed by atoms with Gasteiger partial charge in [0, 0.05) is 13.1 Å². The van der Waals surface area contributed by atoms with Crippen LogP contribution in [0.4, 0.5) is 0 Å². The third-order valence-electron chi connectivity index (χ3n) is 1.52. The first-order valence-electron chi connectivity index (χ1n) is 4.47. The van der Waals surface area contributed by atoms with Crippen molar-refractivity contribution in [1.82, 2.24) is 5.32 Å². The van der Waals surface area contributed by atoms with Crippen LogP contribution in [0, 0.1) is 5.92 Å². The number of nitrogens with one attached hydrogen (secondary N) is 1. The van der Waals surface area contributed by atoms with Gasteiger partial charge in [-0.25, -0.2) is 0 Å². The summed E-state index contributed by atoms with van der Waals surface area (Å²) < 4.78 is 0. The van der Waals surface area contributed by atoms with Gasteiger partial charge in [-0.1, -0.05) is 33.3 Å². The van der Waals surface area contributed by atoms with Gasteiger partial charge in [0.05, 0.1) is 0 Å². The fourth-order valence-electron chi connectivity index (χ4n) is 0.446. The van der Waals surface area contributed by atoms with Gasteiger partial charge in [0.15, 0.2) is 0 Å². The molecule has 0 aliphatic carbocycles. The Hall–Kier alpha value is -0.790. The van der Waals surface area contributed by atoms with Gasteiger partial charge in [-0.05, 0) is 12.8 Å². The molecule has 12 heavy (non-hydrogen) atoms. The number of likely N-dealkylation sites (N-methyl/N-ethyl adjacent to an activating group) is 1. The molecule has 0 spiro atoms. The summed E-state index contributed by atoms with van der Waals surface area (Å²) in [4.78, 5) is 10.7. The summed E-state index contributed by atoms with van der Waals surface area (Å²) in [6.45, 7) is 10.1. The van der Waals surface area contributed by atoms with Crippen LogP contribution >= 0.6 is 0 Å². The van der Waals surface area contributed by atoms with E-state index in [2.05, 4.69) is 19.2 Å². The molecule has 0 radical (unpaired) electrons. The summed E-state index contributed by atoms with van der Waals surface area (Å²) in [6.07, 6.45) is 1.63. The fraction of sp³-hybridized carbons (Fsp3) is 0.700. The van der Waals surface area contributed by atoms with E-state index in [1.54, 1.807) is 13.1 Å². The normalized spacial score (nSPS) is 10.4. The molecule has 0 fully saturated rings. The van der Waals surface area contributed by atoms with Gasteiger partial charge in [-0.3, -0.25) is 4.79 Å². The zero-order valence-corrected chi connectivity index (χ0v) is 9.06. The maximum absolute atomic E-state index is 10.7. The summed E-state index contributed by atoms with van der Waals surface area (Å²) >= 11 is 0. The summed E-state index contributed by atoms with van der Waals surface area (Å²) in [7, 11) is 1.63. The average molecular weight is 171 g/mol. The lowest BCUT2D eigenvalue weighted by atomic mass is 10.1. The van der Waals surface area contributed by atoms with Crippen LogP contribution in [0.2, 0.25) is 0 Å². The zero-order valence-electron chi connectivity index (χ0n) is 9.06. The first-order valence-corrected chi connectivity index (χ1v) is 4.47. The maximum Gasteiger partial charge on any atom is 0.243 e. The van der Waals surface area contributed by atoms with Crippen molar-refractivity contribution in [3.63, 3.8) is 0 Å². The molecule has 0 saturated heterocycles. The highest BCUT2D eigenvalue weighted by Crippen LogP contribution is 2.06. The molecule has 2 nitrogen and oxygen atoms in total. The quantitative estimate of drug-likeness (QED) is 0.635. The van der Waals surface area contributed by atoms with Crippen molar-refractivity contribution in [3.8, 4) is 0 Å². The Morgan fingerprint density at radius 3 is 2.00 bits per heavy atom. The molecule has 0 unspecified atom stereocenters. The minimum atomic E-state index is -0.0220. The monoisotopic (exact) mass is 171 g/mol. The molecule has 72 valence electrons. The molecule has 0 rings (SSSR count). The number of carbonyl (C=O) groups is 1. The van der Waals surface area contributed by atoms with E-state index in [-0.39, 0.29) is 5.91 Å². The van der Waals surface area contributed by atoms with E-state index in [0.717, 1.165) is 5.57 Å². The molecule has 0 aromatic carbocycles. The first kappa shape index (κ1) is 13.8. The second-order valence-corrected chi connectivity index (χ2v) is 2.66. The van der Waals surface area contributed by atoms with Crippen molar-refractivity contribution in [2.24, 2.45) is 5.92 Å². The molecule has 0 aliphatic rings. The van der Waals surface area contributed by atoms with Gasteiger partial charge >= 0.3 is 0 Å². The lowest BCUT2D eigenvalue weighted by molar-refractivity contribution is -0.116. The Morgan fingerprint density at radius 2 is 1.75 bits per heavy atom. The van der Waals surface area contributed by atoms with E-state index in [0.29, 0.717) is 5.92 Å². The Bertz CT molecular complexity index is 148. The van der Waals surface area contributed by atoms with E-state index in [4.69, 9.17) is 0 Å². The van der Waals surface area contributed by atoms with Crippen LogP contribution < -0.4 is 5.32 Å². The van der Waals surface area contributed by atoms with Gasteiger partial charge in [-0.15, -0.1) is 0 Å². The van der Waals surface area contributed by atoms with E-state index in [1.165, 1.54) is 0 Å². The Morgan fingerprint density at radius 1 is 1.33 bits per heavy atom. The van der Waals surface area contributed by atoms with Gasteiger partial charge in [-0.2, -0.15) is 0 Å². The Balaban J connectivity index is 0. The molecule has 0 atom stereocenters. The highest BCUT2D eigenvalue weighted by atomic mass is 16.1. The summed E-state index contributed by atoms with van der Waals surface area (Å²) in [5.74, 6) is 0.434. The molecular formula is C10H21NO. The predicted molar refractivity (Wildman–Crippen MR) is 54.0 cm³/mol. The van der Waals surface area contributed by atoms with Crippen LogP contribution in [0.5, 0.6) is 0 Å². The third kappa shape index (κ3) is 7.32. The summed E-state index contributed by atoms with van der Waals surface area (Å²) in [6, 6.07) is 0. The molecule has 0 heterocycles. The average Bonchev–Trinajstić information content (AvgIpc) is 2.07. The number of amides is 1. The topological polar surface area (TPSA) is 29.1 Å². The number of rotatable bonds is 2. The Kier molecular flexibility index (Phi) is 9.54. The van der Waals surface area contributed by atoms with Crippen molar-refractivity contribution >= 4 is 5.91 Å². The van der Waals surface area contributed by atoms with Gasteiger partial charge in [0.2, 0.25) is 5.91 Å². The molecular weight excluding hydrogens is 150 g/mol. The van der Waals surface area contributed by atoms with Crippen LogP contribution in [0.25, 0.3) is 0 Å². The lowest BCUT2D eigenvalue weighted by Crippen LogP contribution is -2.15. The van der Waals surface area contributed by atoms with Crippen molar-refractivity contribution in [2.45, 2.75) is 34.6 Å². The Labute approximate surface area is 76.1 Å². The SMILES string of the molecule is CC.CNC(=O)/C=C(\C)C(C)C. The number of carbonyl (C=O) groups excluding carboxylic acids is 1. The van der Waals surface area contributed by atoms with E-state index < -0.39 is 0 Å². The number of allylic oxidation sites excluding steroid dienone is 1. The minimum absolute atomic E-state index is 0.0220. The second kappa shape index (κ2) is 8.31.